The zero-order valence-electron chi connectivity index (χ0n) is 9.43. The number of benzene rings is 1. The molecule has 19 heavy (non-hydrogen) atoms. The van der Waals surface area contributed by atoms with Crippen molar-refractivity contribution in [2.45, 2.75) is 0 Å². The van der Waals surface area contributed by atoms with Crippen molar-refractivity contribution < 1.29 is 13.3 Å². The molecule has 0 spiro atoms. The molecule has 1 aromatic carbocycles. The highest BCUT2D eigenvalue weighted by Crippen LogP contribution is 2.26. The largest absolute Gasteiger partial charge is 0.369 e. The van der Waals surface area contributed by atoms with Crippen LogP contribution in [0, 0.1) is 11.6 Å². The van der Waals surface area contributed by atoms with E-state index in [9.17, 15) is 13.6 Å². The van der Waals surface area contributed by atoms with Gasteiger partial charge in [-0.05, 0) is 24.3 Å². The van der Waals surface area contributed by atoms with Gasteiger partial charge in [0.15, 0.2) is 0 Å². The molecule has 0 saturated heterocycles. The van der Waals surface area contributed by atoms with Gasteiger partial charge in [-0.3, -0.25) is 4.98 Å². The number of halogens is 2. The van der Waals surface area contributed by atoms with Gasteiger partial charge in [-0.1, -0.05) is 11.2 Å². The standard InChI is InChI=1S/C13H6F2N2O2/c14-7-4-5-8(15)11-10(7)12(17-19-13(11)18)9-3-1-2-6-16-9/h1-6H. The van der Waals surface area contributed by atoms with Gasteiger partial charge in [0.05, 0.1) is 11.1 Å². The van der Waals surface area contributed by atoms with Crippen molar-refractivity contribution >= 4 is 10.8 Å². The van der Waals surface area contributed by atoms with E-state index in [-0.39, 0.29) is 11.1 Å². The van der Waals surface area contributed by atoms with E-state index < -0.39 is 22.6 Å². The fraction of sp³-hybridized carbons (Fsp3) is 0. The third-order valence-electron chi connectivity index (χ3n) is 2.67. The summed E-state index contributed by atoms with van der Waals surface area (Å²) in [6, 6.07) is 6.70. The smallest absolute Gasteiger partial charge is 0.312 e. The van der Waals surface area contributed by atoms with Crippen LogP contribution in [0.3, 0.4) is 0 Å². The molecular weight excluding hydrogens is 254 g/mol. The molecular formula is C13H6F2N2O2. The molecule has 0 aliphatic carbocycles. The molecule has 2 aromatic heterocycles. The van der Waals surface area contributed by atoms with E-state index in [1.165, 1.54) is 6.20 Å². The Kier molecular flexibility index (Phi) is 2.56. The van der Waals surface area contributed by atoms with Gasteiger partial charge in [-0.25, -0.2) is 13.6 Å². The van der Waals surface area contributed by atoms with Crippen molar-refractivity contribution in [2.75, 3.05) is 0 Å². The molecule has 4 nitrogen and oxygen atoms in total. The van der Waals surface area contributed by atoms with Crippen molar-refractivity contribution in [3.05, 3.63) is 58.6 Å². The molecule has 0 amide bonds. The maximum absolute atomic E-state index is 13.9. The van der Waals surface area contributed by atoms with Crippen LogP contribution in [0.4, 0.5) is 8.78 Å². The topological polar surface area (TPSA) is 56.0 Å². The van der Waals surface area contributed by atoms with Crippen molar-refractivity contribution in [2.24, 2.45) is 0 Å². The molecule has 0 saturated carbocycles. The van der Waals surface area contributed by atoms with Crippen LogP contribution in [-0.4, -0.2) is 10.1 Å². The lowest BCUT2D eigenvalue weighted by Gasteiger charge is -2.04. The lowest BCUT2D eigenvalue weighted by atomic mass is 10.1. The second-order valence-electron chi connectivity index (χ2n) is 3.81. The molecule has 0 atom stereocenters. The Morgan fingerprint density at radius 1 is 1.00 bits per heavy atom. The minimum Gasteiger partial charge on any atom is -0.312 e. The molecule has 0 unspecified atom stereocenters. The van der Waals surface area contributed by atoms with Crippen molar-refractivity contribution in [3.8, 4) is 11.4 Å². The number of rotatable bonds is 1. The molecule has 0 aliphatic heterocycles. The molecule has 94 valence electrons. The molecule has 2 heterocycles. The molecule has 0 bridgehead atoms. The summed E-state index contributed by atoms with van der Waals surface area (Å²) in [5, 5.41) is 2.83. The predicted molar refractivity (Wildman–Crippen MR) is 63.4 cm³/mol. The zero-order chi connectivity index (χ0) is 13.4. The van der Waals surface area contributed by atoms with Gasteiger partial charge in [-0.15, -0.1) is 0 Å². The Morgan fingerprint density at radius 3 is 2.42 bits per heavy atom. The van der Waals surface area contributed by atoms with Gasteiger partial charge in [0.25, 0.3) is 0 Å². The Hall–Kier alpha value is -2.63. The van der Waals surface area contributed by atoms with Crippen molar-refractivity contribution in [1.29, 1.82) is 0 Å². The lowest BCUT2D eigenvalue weighted by Crippen LogP contribution is -2.07. The van der Waals surface area contributed by atoms with Gasteiger partial charge in [-0.2, -0.15) is 0 Å². The monoisotopic (exact) mass is 260 g/mol. The van der Waals surface area contributed by atoms with Gasteiger partial charge in [0.1, 0.15) is 22.7 Å². The van der Waals surface area contributed by atoms with Crippen LogP contribution in [0.25, 0.3) is 22.2 Å². The number of nitrogens with zero attached hydrogens (tertiary/aromatic N) is 2. The molecule has 3 aromatic rings. The maximum Gasteiger partial charge on any atom is 0.369 e. The quantitative estimate of drug-likeness (QED) is 0.674. The van der Waals surface area contributed by atoms with Gasteiger partial charge in [0.2, 0.25) is 0 Å². The first-order valence-corrected chi connectivity index (χ1v) is 5.37. The van der Waals surface area contributed by atoms with Crippen molar-refractivity contribution in [3.63, 3.8) is 0 Å². The highest BCUT2D eigenvalue weighted by molar-refractivity contribution is 5.93. The van der Waals surface area contributed by atoms with E-state index in [0.29, 0.717) is 5.69 Å². The van der Waals surface area contributed by atoms with E-state index in [0.717, 1.165) is 12.1 Å². The first-order chi connectivity index (χ1) is 9.18. The third kappa shape index (κ3) is 1.77. The number of fused-ring (bicyclic) bond motifs is 1. The van der Waals surface area contributed by atoms with E-state index in [4.69, 9.17) is 0 Å². The van der Waals surface area contributed by atoms with E-state index in [2.05, 4.69) is 14.7 Å². The summed E-state index contributed by atoms with van der Waals surface area (Å²) in [5.41, 5.74) is -0.736. The normalized spacial score (nSPS) is 10.8. The second kappa shape index (κ2) is 4.24. The minimum atomic E-state index is -1.02. The molecule has 0 aliphatic rings. The summed E-state index contributed by atoms with van der Waals surface area (Å²) in [6.07, 6.45) is 1.48. The fourth-order valence-corrected chi connectivity index (χ4v) is 1.84. The van der Waals surface area contributed by atoms with E-state index in [1.807, 2.05) is 0 Å². The SMILES string of the molecule is O=c1onc(-c2ccccn2)c2c(F)ccc(F)c12. The van der Waals surface area contributed by atoms with Gasteiger partial charge >= 0.3 is 5.63 Å². The maximum atomic E-state index is 13.9. The zero-order valence-corrected chi connectivity index (χ0v) is 9.43. The summed E-state index contributed by atoms with van der Waals surface area (Å²) in [6.45, 7) is 0. The molecule has 0 fully saturated rings. The second-order valence-corrected chi connectivity index (χ2v) is 3.81. The molecule has 6 heteroatoms. The highest BCUT2D eigenvalue weighted by atomic mass is 19.1. The summed E-state index contributed by atoms with van der Waals surface area (Å²) >= 11 is 0. The summed E-state index contributed by atoms with van der Waals surface area (Å²) in [7, 11) is 0. The van der Waals surface area contributed by atoms with Gasteiger partial charge in [0, 0.05) is 6.20 Å². The number of hydrogen-bond donors (Lipinski definition) is 0. The number of hydrogen-bond acceptors (Lipinski definition) is 4. The van der Waals surface area contributed by atoms with E-state index >= 15 is 0 Å². The van der Waals surface area contributed by atoms with Gasteiger partial charge < -0.3 is 4.52 Å². The van der Waals surface area contributed by atoms with Crippen LogP contribution in [0.2, 0.25) is 0 Å². The van der Waals surface area contributed by atoms with Crippen LogP contribution in [0.15, 0.2) is 45.8 Å². The van der Waals surface area contributed by atoms with Crippen LogP contribution in [0.1, 0.15) is 0 Å². The first kappa shape index (κ1) is 11.5. The Balaban J connectivity index is 2.49. The average Bonchev–Trinajstić information content (AvgIpc) is 2.44. The third-order valence-corrected chi connectivity index (χ3v) is 2.67. The summed E-state index contributed by atoms with van der Waals surface area (Å²) < 4.78 is 32.0. The first-order valence-electron chi connectivity index (χ1n) is 5.37. The molecule has 3 rings (SSSR count). The minimum absolute atomic E-state index is 0.00722. The fourth-order valence-electron chi connectivity index (χ4n) is 1.84. The molecule has 0 radical (unpaired) electrons. The molecule has 0 N–H and O–H groups in total. The highest BCUT2D eigenvalue weighted by Gasteiger charge is 2.18. The number of aromatic nitrogens is 2. The van der Waals surface area contributed by atoms with Crippen molar-refractivity contribution in [1.82, 2.24) is 10.1 Å². The van der Waals surface area contributed by atoms with Crippen LogP contribution in [-0.2, 0) is 0 Å². The predicted octanol–water partition coefficient (Wildman–Crippen LogP) is 2.53. The Morgan fingerprint density at radius 2 is 1.74 bits per heavy atom. The summed E-state index contributed by atoms with van der Waals surface area (Å²) in [4.78, 5) is 15.5. The van der Waals surface area contributed by atoms with E-state index in [1.54, 1.807) is 18.2 Å². The lowest BCUT2D eigenvalue weighted by molar-refractivity contribution is 0.378. The van der Waals surface area contributed by atoms with Crippen LogP contribution < -0.4 is 5.63 Å². The Labute approximate surface area is 105 Å². The number of pyridine rings is 1. The average molecular weight is 260 g/mol. The van der Waals surface area contributed by atoms with Crippen LogP contribution >= 0.6 is 0 Å². The Bertz CT molecular complexity index is 816. The van der Waals surface area contributed by atoms with Crippen LogP contribution in [0.5, 0.6) is 0 Å². The summed E-state index contributed by atoms with van der Waals surface area (Å²) in [5.74, 6) is -1.61.